The maximum absolute atomic E-state index is 12.0. The Morgan fingerprint density at radius 2 is 2.19 bits per heavy atom. The number of nitrogens with zero attached hydrogens (tertiary/aromatic N) is 1. The van der Waals surface area contributed by atoms with Crippen LogP contribution in [0.4, 0.5) is 0 Å². The van der Waals surface area contributed by atoms with Crippen LogP contribution in [0.15, 0.2) is 24.3 Å². The second kappa shape index (κ2) is 11.0. The second-order valence-electron chi connectivity index (χ2n) is 7.60. The zero-order valence-corrected chi connectivity index (χ0v) is 17.2. The molecular formula is C22H34N2O3. The van der Waals surface area contributed by atoms with Crippen molar-refractivity contribution in [3.63, 3.8) is 0 Å². The number of likely N-dealkylation sites (tertiary alicyclic amines) is 1. The highest BCUT2D eigenvalue weighted by molar-refractivity contribution is 5.91. The fourth-order valence-corrected chi connectivity index (χ4v) is 3.37. The van der Waals surface area contributed by atoms with E-state index in [0.29, 0.717) is 18.0 Å². The molecule has 1 aliphatic heterocycles. The molecule has 0 spiro atoms. The van der Waals surface area contributed by atoms with Crippen molar-refractivity contribution in [2.24, 2.45) is 5.92 Å². The van der Waals surface area contributed by atoms with E-state index in [1.807, 2.05) is 32.0 Å². The molecule has 1 heterocycles. The molecule has 150 valence electrons. The van der Waals surface area contributed by atoms with Crippen LogP contribution in [-0.2, 0) is 4.79 Å². The quantitative estimate of drug-likeness (QED) is 0.528. The lowest BCUT2D eigenvalue weighted by molar-refractivity contribution is -0.116. The Labute approximate surface area is 163 Å². The van der Waals surface area contributed by atoms with Crippen molar-refractivity contribution < 1.29 is 14.3 Å². The minimum atomic E-state index is -0.0662. The van der Waals surface area contributed by atoms with Crippen LogP contribution in [0.25, 0.3) is 6.08 Å². The highest BCUT2D eigenvalue weighted by Gasteiger charge is 2.15. The largest absolute Gasteiger partial charge is 0.493 e. The third-order valence-electron chi connectivity index (χ3n) is 4.67. The first kappa shape index (κ1) is 21.3. The number of ether oxygens (including phenoxy) is 2. The van der Waals surface area contributed by atoms with Crippen LogP contribution in [0.3, 0.4) is 0 Å². The molecule has 1 aromatic rings. The summed E-state index contributed by atoms with van der Waals surface area (Å²) in [5.74, 6) is 2.11. The average Bonchev–Trinajstić information content (AvgIpc) is 2.64. The van der Waals surface area contributed by atoms with Gasteiger partial charge in [0.25, 0.3) is 0 Å². The van der Waals surface area contributed by atoms with Gasteiger partial charge in [0.15, 0.2) is 11.5 Å². The van der Waals surface area contributed by atoms with E-state index in [4.69, 9.17) is 9.47 Å². The molecule has 0 aromatic heterocycles. The molecule has 1 N–H and O–H groups in total. The average molecular weight is 375 g/mol. The zero-order valence-electron chi connectivity index (χ0n) is 17.2. The highest BCUT2D eigenvalue weighted by atomic mass is 16.5. The summed E-state index contributed by atoms with van der Waals surface area (Å²) in [4.78, 5) is 14.5. The number of benzene rings is 1. The Bertz CT molecular complexity index is 628. The van der Waals surface area contributed by atoms with E-state index in [1.54, 1.807) is 19.3 Å². The van der Waals surface area contributed by atoms with Crippen LogP contribution in [0.1, 0.15) is 45.6 Å². The first-order valence-electron chi connectivity index (χ1n) is 10.0. The number of methoxy groups -OCH3 is 1. The molecule has 1 saturated heterocycles. The van der Waals surface area contributed by atoms with E-state index in [0.717, 1.165) is 24.4 Å². The Hall–Kier alpha value is -2.01. The van der Waals surface area contributed by atoms with Gasteiger partial charge in [-0.3, -0.25) is 4.79 Å². The maximum Gasteiger partial charge on any atom is 0.243 e. The Kier molecular flexibility index (Phi) is 8.65. The van der Waals surface area contributed by atoms with Gasteiger partial charge >= 0.3 is 0 Å². The van der Waals surface area contributed by atoms with Gasteiger partial charge in [-0.2, -0.15) is 0 Å². The van der Waals surface area contributed by atoms with Crippen molar-refractivity contribution in [1.82, 2.24) is 10.2 Å². The van der Waals surface area contributed by atoms with Gasteiger partial charge in [0, 0.05) is 19.2 Å². The first-order valence-corrected chi connectivity index (χ1v) is 10.0. The molecule has 1 atom stereocenters. The van der Waals surface area contributed by atoms with Gasteiger partial charge in [-0.1, -0.05) is 13.0 Å². The maximum atomic E-state index is 12.0. The zero-order chi connectivity index (χ0) is 19.6. The van der Waals surface area contributed by atoms with E-state index in [9.17, 15) is 4.79 Å². The molecule has 27 heavy (non-hydrogen) atoms. The summed E-state index contributed by atoms with van der Waals surface area (Å²) in [6.45, 7) is 10.4. The van der Waals surface area contributed by atoms with Crippen molar-refractivity contribution in [2.75, 3.05) is 33.3 Å². The fraction of sp³-hybridized carbons (Fsp3) is 0.591. The lowest BCUT2D eigenvalue weighted by Crippen LogP contribution is -2.36. The van der Waals surface area contributed by atoms with Gasteiger partial charge in [-0.15, -0.1) is 0 Å². The highest BCUT2D eigenvalue weighted by Crippen LogP contribution is 2.29. The molecule has 1 aliphatic rings. The summed E-state index contributed by atoms with van der Waals surface area (Å²) >= 11 is 0. The van der Waals surface area contributed by atoms with E-state index in [1.165, 1.54) is 25.9 Å². The van der Waals surface area contributed by atoms with Crippen LogP contribution in [0.2, 0.25) is 0 Å². The molecule has 1 amide bonds. The number of nitrogens with one attached hydrogen (secondary N) is 1. The van der Waals surface area contributed by atoms with Crippen LogP contribution in [-0.4, -0.2) is 50.2 Å². The first-order chi connectivity index (χ1) is 13.0. The normalized spacial score (nSPS) is 18.0. The van der Waals surface area contributed by atoms with E-state index < -0.39 is 0 Å². The van der Waals surface area contributed by atoms with Crippen LogP contribution < -0.4 is 14.8 Å². The molecule has 5 heteroatoms. The smallest absolute Gasteiger partial charge is 0.243 e. The van der Waals surface area contributed by atoms with Crippen LogP contribution >= 0.6 is 0 Å². The van der Waals surface area contributed by atoms with E-state index >= 15 is 0 Å². The van der Waals surface area contributed by atoms with Gasteiger partial charge in [-0.05, 0) is 75.9 Å². The molecule has 1 fully saturated rings. The summed E-state index contributed by atoms with van der Waals surface area (Å²) in [5, 5.41) is 2.96. The third kappa shape index (κ3) is 7.63. The van der Waals surface area contributed by atoms with Crippen molar-refractivity contribution in [3.8, 4) is 11.5 Å². The van der Waals surface area contributed by atoms with Crippen molar-refractivity contribution in [3.05, 3.63) is 29.8 Å². The number of amides is 1. The molecule has 1 aromatic carbocycles. The molecular weight excluding hydrogens is 340 g/mol. The monoisotopic (exact) mass is 374 g/mol. The van der Waals surface area contributed by atoms with Crippen molar-refractivity contribution in [2.45, 2.75) is 46.1 Å². The molecule has 0 aliphatic carbocycles. The number of carbonyl (C=O) groups excluding carboxylic acids is 1. The number of hydrogen-bond acceptors (Lipinski definition) is 4. The fourth-order valence-electron chi connectivity index (χ4n) is 3.37. The number of piperidine rings is 1. The number of carbonyl (C=O) groups is 1. The summed E-state index contributed by atoms with van der Waals surface area (Å²) in [6, 6.07) is 5.66. The van der Waals surface area contributed by atoms with Crippen molar-refractivity contribution in [1.29, 1.82) is 0 Å². The molecule has 2 rings (SSSR count). The lowest BCUT2D eigenvalue weighted by atomic mass is 10.0. The number of rotatable bonds is 9. The second-order valence-corrected chi connectivity index (χ2v) is 7.60. The van der Waals surface area contributed by atoms with Gasteiger partial charge in [-0.25, -0.2) is 0 Å². The van der Waals surface area contributed by atoms with Gasteiger partial charge in [0.05, 0.1) is 13.2 Å². The number of hydrogen-bond donors (Lipinski definition) is 1. The standard InChI is InChI=1S/C22H34N2O3/c1-17(2)27-20-10-8-19(15-21(20)26-4)9-11-22(25)23-12-6-14-24-13-5-7-18(3)16-24/h8-11,15,17-18H,5-7,12-14,16H2,1-4H3,(H,23,25)/b11-9+/t18-/m1/s1. The Morgan fingerprint density at radius 3 is 2.89 bits per heavy atom. The summed E-state index contributed by atoms with van der Waals surface area (Å²) < 4.78 is 11.1. The molecule has 0 radical (unpaired) electrons. The predicted molar refractivity (Wildman–Crippen MR) is 110 cm³/mol. The SMILES string of the molecule is COc1cc(/C=C/C(=O)NCCCN2CCC[C@@H](C)C2)ccc1OC(C)C. The Balaban J connectivity index is 1.75. The van der Waals surface area contributed by atoms with E-state index in [2.05, 4.69) is 17.1 Å². The van der Waals surface area contributed by atoms with Gasteiger partial charge in [0.2, 0.25) is 5.91 Å². The minimum Gasteiger partial charge on any atom is -0.493 e. The van der Waals surface area contributed by atoms with Crippen LogP contribution in [0, 0.1) is 5.92 Å². The Morgan fingerprint density at radius 1 is 1.37 bits per heavy atom. The summed E-state index contributed by atoms with van der Waals surface area (Å²) in [7, 11) is 1.62. The lowest BCUT2D eigenvalue weighted by Gasteiger charge is -2.30. The topological polar surface area (TPSA) is 50.8 Å². The molecule has 0 saturated carbocycles. The summed E-state index contributed by atoms with van der Waals surface area (Å²) in [5.41, 5.74) is 0.903. The van der Waals surface area contributed by atoms with Crippen LogP contribution in [0.5, 0.6) is 11.5 Å². The summed E-state index contributed by atoms with van der Waals surface area (Å²) in [6.07, 6.45) is 7.07. The molecule has 0 bridgehead atoms. The van der Waals surface area contributed by atoms with Crippen molar-refractivity contribution >= 4 is 12.0 Å². The third-order valence-corrected chi connectivity index (χ3v) is 4.67. The molecule has 5 nitrogen and oxygen atoms in total. The van der Waals surface area contributed by atoms with E-state index in [-0.39, 0.29) is 12.0 Å². The van der Waals surface area contributed by atoms with Gasteiger partial charge in [0.1, 0.15) is 0 Å². The molecule has 0 unspecified atom stereocenters. The predicted octanol–water partition coefficient (Wildman–Crippen LogP) is 3.73. The van der Waals surface area contributed by atoms with Gasteiger partial charge < -0.3 is 19.7 Å². The minimum absolute atomic E-state index is 0.0662.